The zero-order valence-electron chi connectivity index (χ0n) is 9.87. The highest BCUT2D eigenvalue weighted by Crippen LogP contribution is 2.17. The Morgan fingerprint density at radius 2 is 2.06 bits per heavy atom. The molecule has 0 fully saturated rings. The van der Waals surface area contributed by atoms with Crippen LogP contribution in [0.5, 0.6) is 0 Å². The Hall–Kier alpha value is -2.49. The fourth-order valence-electron chi connectivity index (χ4n) is 1.96. The molecule has 3 aromatic heterocycles. The lowest BCUT2D eigenvalue weighted by Crippen LogP contribution is -2.03. The summed E-state index contributed by atoms with van der Waals surface area (Å²) in [4.78, 5) is 16.5. The van der Waals surface area contributed by atoms with E-state index in [1.54, 1.807) is 23.1 Å². The van der Waals surface area contributed by atoms with Crippen LogP contribution in [0.15, 0.2) is 49.1 Å². The Kier molecular flexibility index (Phi) is 2.41. The zero-order valence-corrected chi connectivity index (χ0v) is 9.87. The summed E-state index contributed by atoms with van der Waals surface area (Å²) < 4.78 is 1.69. The number of aryl methyl sites for hydroxylation is 1. The van der Waals surface area contributed by atoms with Crippen LogP contribution < -0.4 is 0 Å². The third kappa shape index (κ3) is 1.59. The minimum atomic E-state index is -0.0400. The molecule has 4 heteroatoms. The number of hydrogen-bond acceptors (Lipinski definition) is 3. The first-order chi connectivity index (χ1) is 8.77. The molecule has 3 heterocycles. The molecular formula is C14H11N3O. The lowest BCUT2D eigenvalue weighted by Gasteiger charge is -2.02. The number of nitrogens with zero attached hydrogens (tertiary/aromatic N) is 3. The molecule has 0 N–H and O–H groups in total. The molecule has 18 heavy (non-hydrogen) atoms. The average Bonchev–Trinajstić information content (AvgIpc) is 2.82. The Morgan fingerprint density at radius 3 is 2.89 bits per heavy atom. The summed E-state index contributed by atoms with van der Waals surface area (Å²) in [5.41, 5.74) is 2.96. The van der Waals surface area contributed by atoms with E-state index in [0.717, 1.165) is 11.1 Å². The van der Waals surface area contributed by atoms with E-state index in [9.17, 15) is 4.79 Å². The van der Waals surface area contributed by atoms with E-state index in [2.05, 4.69) is 10.1 Å². The number of aromatic nitrogens is 3. The van der Waals surface area contributed by atoms with Gasteiger partial charge in [-0.15, -0.1) is 0 Å². The van der Waals surface area contributed by atoms with Crippen LogP contribution in [0.25, 0.3) is 5.52 Å². The molecule has 0 unspecified atom stereocenters. The summed E-state index contributed by atoms with van der Waals surface area (Å²) in [6.07, 6.45) is 6.71. The lowest BCUT2D eigenvalue weighted by atomic mass is 10.0. The van der Waals surface area contributed by atoms with E-state index < -0.39 is 0 Å². The van der Waals surface area contributed by atoms with Crippen LogP contribution in [-0.2, 0) is 0 Å². The van der Waals surface area contributed by atoms with Crippen molar-refractivity contribution >= 4 is 11.3 Å². The second-order valence-electron chi connectivity index (χ2n) is 4.11. The first-order valence-corrected chi connectivity index (χ1v) is 5.65. The van der Waals surface area contributed by atoms with E-state index >= 15 is 0 Å². The summed E-state index contributed by atoms with van der Waals surface area (Å²) in [5, 5.41) is 4.17. The van der Waals surface area contributed by atoms with Crippen molar-refractivity contribution in [3.05, 3.63) is 65.7 Å². The Balaban J connectivity index is 2.16. The highest BCUT2D eigenvalue weighted by Gasteiger charge is 2.16. The molecule has 0 saturated heterocycles. The van der Waals surface area contributed by atoms with Gasteiger partial charge in [0.05, 0.1) is 17.3 Å². The van der Waals surface area contributed by atoms with Gasteiger partial charge in [-0.2, -0.15) is 5.10 Å². The highest BCUT2D eigenvalue weighted by atomic mass is 16.1. The fraction of sp³-hybridized carbons (Fsp3) is 0.0714. The second-order valence-corrected chi connectivity index (χ2v) is 4.11. The van der Waals surface area contributed by atoms with Crippen molar-refractivity contribution in [2.75, 3.05) is 0 Å². The number of hydrogen-bond donors (Lipinski definition) is 0. The third-order valence-electron chi connectivity index (χ3n) is 2.95. The average molecular weight is 237 g/mol. The van der Waals surface area contributed by atoms with Gasteiger partial charge in [0, 0.05) is 24.2 Å². The normalized spacial score (nSPS) is 10.7. The van der Waals surface area contributed by atoms with Gasteiger partial charge in [0.25, 0.3) is 0 Å². The van der Waals surface area contributed by atoms with Crippen molar-refractivity contribution in [1.82, 2.24) is 14.6 Å². The van der Waals surface area contributed by atoms with Crippen molar-refractivity contribution in [3.8, 4) is 0 Å². The predicted octanol–water partition coefficient (Wildman–Crippen LogP) is 2.27. The Labute approximate surface area is 104 Å². The minimum absolute atomic E-state index is 0.0400. The van der Waals surface area contributed by atoms with E-state index in [0.29, 0.717) is 11.1 Å². The molecule has 0 aliphatic heterocycles. The quantitative estimate of drug-likeness (QED) is 0.642. The van der Waals surface area contributed by atoms with Gasteiger partial charge in [0.15, 0.2) is 5.78 Å². The number of carbonyl (C=O) groups excluding carboxylic acids is 1. The predicted molar refractivity (Wildman–Crippen MR) is 67.6 cm³/mol. The van der Waals surface area contributed by atoms with Gasteiger partial charge < -0.3 is 0 Å². The molecule has 0 spiro atoms. The van der Waals surface area contributed by atoms with Crippen molar-refractivity contribution in [2.45, 2.75) is 6.92 Å². The molecule has 0 aliphatic rings. The van der Waals surface area contributed by atoms with E-state index in [-0.39, 0.29) is 5.78 Å². The molecule has 3 aromatic rings. The smallest absolute Gasteiger partial charge is 0.198 e. The van der Waals surface area contributed by atoms with Gasteiger partial charge in [0.2, 0.25) is 0 Å². The molecule has 3 rings (SSSR count). The summed E-state index contributed by atoms with van der Waals surface area (Å²) in [5.74, 6) is -0.0400. The van der Waals surface area contributed by atoms with Gasteiger partial charge in [-0.05, 0) is 30.7 Å². The van der Waals surface area contributed by atoms with Crippen LogP contribution in [-0.4, -0.2) is 20.4 Å². The Morgan fingerprint density at radius 1 is 1.17 bits per heavy atom. The standard InChI is InChI=1S/C14H11N3O/c1-10-5-6-15-8-11(10)14(18)12-9-16-17-7-3-2-4-13(12)17/h2-9H,1H3. The van der Waals surface area contributed by atoms with Crippen LogP contribution in [0.1, 0.15) is 21.5 Å². The van der Waals surface area contributed by atoms with Gasteiger partial charge in [-0.1, -0.05) is 6.07 Å². The number of rotatable bonds is 2. The molecule has 88 valence electrons. The summed E-state index contributed by atoms with van der Waals surface area (Å²) in [6.45, 7) is 1.90. The second kappa shape index (κ2) is 4.07. The third-order valence-corrected chi connectivity index (χ3v) is 2.95. The zero-order chi connectivity index (χ0) is 12.5. The largest absolute Gasteiger partial charge is 0.288 e. The van der Waals surface area contributed by atoms with Crippen LogP contribution in [0.3, 0.4) is 0 Å². The number of pyridine rings is 2. The molecular weight excluding hydrogens is 226 g/mol. The van der Waals surface area contributed by atoms with E-state index in [4.69, 9.17) is 0 Å². The van der Waals surface area contributed by atoms with Gasteiger partial charge in [-0.25, -0.2) is 4.52 Å². The molecule has 0 bridgehead atoms. The van der Waals surface area contributed by atoms with Crippen LogP contribution in [0.2, 0.25) is 0 Å². The molecule has 0 amide bonds. The highest BCUT2D eigenvalue weighted by molar-refractivity contribution is 6.13. The Bertz CT molecular complexity index is 730. The maximum Gasteiger partial charge on any atom is 0.198 e. The molecule has 0 aliphatic carbocycles. The van der Waals surface area contributed by atoms with E-state index in [1.165, 1.54) is 0 Å². The maximum absolute atomic E-state index is 12.4. The summed E-state index contributed by atoms with van der Waals surface area (Å²) in [7, 11) is 0. The van der Waals surface area contributed by atoms with Crippen molar-refractivity contribution in [2.24, 2.45) is 0 Å². The molecule has 0 radical (unpaired) electrons. The first kappa shape index (κ1) is 10.7. The van der Waals surface area contributed by atoms with Gasteiger partial charge in [-0.3, -0.25) is 9.78 Å². The summed E-state index contributed by atoms with van der Waals surface area (Å²) in [6, 6.07) is 7.48. The summed E-state index contributed by atoms with van der Waals surface area (Å²) >= 11 is 0. The number of carbonyl (C=O) groups is 1. The molecule has 0 saturated carbocycles. The monoisotopic (exact) mass is 237 g/mol. The lowest BCUT2D eigenvalue weighted by molar-refractivity contribution is 0.103. The van der Waals surface area contributed by atoms with Gasteiger partial charge in [0.1, 0.15) is 0 Å². The van der Waals surface area contributed by atoms with Crippen molar-refractivity contribution < 1.29 is 4.79 Å². The van der Waals surface area contributed by atoms with Crippen molar-refractivity contribution in [1.29, 1.82) is 0 Å². The minimum Gasteiger partial charge on any atom is -0.288 e. The molecule has 0 atom stereocenters. The van der Waals surface area contributed by atoms with Crippen LogP contribution in [0.4, 0.5) is 0 Å². The topological polar surface area (TPSA) is 47.3 Å². The SMILES string of the molecule is Cc1ccncc1C(=O)c1cnn2ccccc12. The fourth-order valence-corrected chi connectivity index (χ4v) is 1.96. The number of fused-ring (bicyclic) bond motifs is 1. The molecule has 4 nitrogen and oxygen atoms in total. The van der Waals surface area contributed by atoms with Gasteiger partial charge >= 0.3 is 0 Å². The van der Waals surface area contributed by atoms with Crippen molar-refractivity contribution in [3.63, 3.8) is 0 Å². The van der Waals surface area contributed by atoms with Crippen LogP contribution in [0, 0.1) is 6.92 Å². The number of ketones is 1. The van der Waals surface area contributed by atoms with E-state index in [1.807, 2.05) is 37.4 Å². The van der Waals surface area contributed by atoms with Crippen LogP contribution >= 0.6 is 0 Å². The maximum atomic E-state index is 12.4. The first-order valence-electron chi connectivity index (χ1n) is 5.65. The molecule has 0 aromatic carbocycles.